The highest BCUT2D eigenvalue weighted by Gasteiger charge is 2.00. The smallest absolute Gasteiger partial charge is 0.213 e. The molecule has 0 aliphatic carbocycles. The van der Waals surface area contributed by atoms with Gasteiger partial charge in [0.25, 0.3) is 0 Å². The van der Waals surface area contributed by atoms with Crippen LogP contribution in [0.3, 0.4) is 0 Å². The van der Waals surface area contributed by atoms with Gasteiger partial charge < -0.3 is 9.84 Å². The summed E-state index contributed by atoms with van der Waals surface area (Å²) < 4.78 is 6.27. The Hall–Kier alpha value is -1.92. The molecule has 0 spiro atoms. The maximum absolute atomic E-state index is 4.61. The highest BCUT2D eigenvalue weighted by molar-refractivity contribution is 5.30. The standard InChI is InChI=1S/C7H10N6O/c1-13-7(4-10-12-13)8-3-2-6-9-5-14-11-6/h4-5,8H,2-3H2,1H3. The zero-order valence-corrected chi connectivity index (χ0v) is 7.71. The van der Waals surface area contributed by atoms with Crippen LogP contribution in [0.2, 0.25) is 0 Å². The molecule has 0 atom stereocenters. The van der Waals surface area contributed by atoms with Crippen LogP contribution in [-0.2, 0) is 13.5 Å². The molecule has 14 heavy (non-hydrogen) atoms. The summed E-state index contributed by atoms with van der Waals surface area (Å²) in [6, 6.07) is 0. The number of aromatic nitrogens is 5. The molecule has 0 saturated heterocycles. The first-order valence-electron chi connectivity index (χ1n) is 4.20. The Balaban J connectivity index is 1.81. The van der Waals surface area contributed by atoms with Crippen LogP contribution in [0.15, 0.2) is 17.1 Å². The van der Waals surface area contributed by atoms with E-state index in [2.05, 4.69) is 30.3 Å². The zero-order chi connectivity index (χ0) is 9.80. The topological polar surface area (TPSA) is 81.7 Å². The quantitative estimate of drug-likeness (QED) is 0.729. The maximum atomic E-state index is 4.61. The van der Waals surface area contributed by atoms with Crippen LogP contribution in [0.4, 0.5) is 5.82 Å². The van der Waals surface area contributed by atoms with Crippen LogP contribution in [0.25, 0.3) is 0 Å². The van der Waals surface area contributed by atoms with Crippen molar-refractivity contribution in [2.45, 2.75) is 6.42 Å². The number of nitrogens with zero attached hydrogens (tertiary/aromatic N) is 5. The van der Waals surface area contributed by atoms with E-state index >= 15 is 0 Å². The van der Waals surface area contributed by atoms with Gasteiger partial charge in [0.15, 0.2) is 5.82 Å². The zero-order valence-electron chi connectivity index (χ0n) is 7.71. The second-order valence-corrected chi connectivity index (χ2v) is 2.77. The van der Waals surface area contributed by atoms with E-state index in [0.717, 1.165) is 12.4 Å². The van der Waals surface area contributed by atoms with Crippen LogP contribution in [0, 0.1) is 0 Å². The van der Waals surface area contributed by atoms with Gasteiger partial charge in [-0.25, -0.2) is 4.68 Å². The summed E-state index contributed by atoms with van der Waals surface area (Å²) in [4.78, 5) is 3.90. The molecule has 0 radical (unpaired) electrons. The minimum Gasteiger partial charge on any atom is -0.368 e. The van der Waals surface area contributed by atoms with E-state index in [1.807, 2.05) is 7.05 Å². The van der Waals surface area contributed by atoms with Crippen molar-refractivity contribution in [1.29, 1.82) is 0 Å². The summed E-state index contributed by atoms with van der Waals surface area (Å²) in [6.07, 6.45) is 3.69. The number of aryl methyl sites for hydroxylation is 1. The number of hydrogen-bond acceptors (Lipinski definition) is 6. The van der Waals surface area contributed by atoms with Gasteiger partial charge in [-0.05, 0) is 0 Å². The third-order valence-electron chi connectivity index (χ3n) is 1.78. The van der Waals surface area contributed by atoms with Crippen molar-refractivity contribution in [3.05, 3.63) is 18.4 Å². The summed E-state index contributed by atoms with van der Waals surface area (Å²) in [5.74, 6) is 1.56. The molecule has 0 bridgehead atoms. The summed E-state index contributed by atoms with van der Waals surface area (Å²) in [7, 11) is 1.82. The normalized spacial score (nSPS) is 10.4. The molecular formula is C7H10N6O. The van der Waals surface area contributed by atoms with E-state index in [-0.39, 0.29) is 0 Å². The average Bonchev–Trinajstić information content (AvgIpc) is 2.78. The lowest BCUT2D eigenvalue weighted by Gasteiger charge is -2.02. The highest BCUT2D eigenvalue weighted by Crippen LogP contribution is 2.00. The Morgan fingerprint density at radius 3 is 3.14 bits per heavy atom. The van der Waals surface area contributed by atoms with E-state index in [1.54, 1.807) is 10.9 Å². The summed E-state index contributed by atoms with van der Waals surface area (Å²) in [6.45, 7) is 0.723. The minimum atomic E-state index is 0.688. The molecular weight excluding hydrogens is 184 g/mol. The number of nitrogens with one attached hydrogen (secondary N) is 1. The second-order valence-electron chi connectivity index (χ2n) is 2.77. The van der Waals surface area contributed by atoms with Gasteiger partial charge in [-0.2, -0.15) is 4.98 Å². The lowest BCUT2D eigenvalue weighted by molar-refractivity contribution is 0.410. The van der Waals surface area contributed by atoms with Gasteiger partial charge in [0.05, 0.1) is 6.20 Å². The maximum Gasteiger partial charge on any atom is 0.213 e. The Labute approximate surface area is 80.1 Å². The summed E-state index contributed by atoms with van der Waals surface area (Å²) in [5.41, 5.74) is 0. The first kappa shape index (κ1) is 8.67. The second kappa shape index (κ2) is 3.86. The molecule has 2 aromatic rings. The van der Waals surface area contributed by atoms with Gasteiger partial charge in [0, 0.05) is 20.0 Å². The Morgan fingerprint density at radius 2 is 2.50 bits per heavy atom. The third-order valence-corrected chi connectivity index (χ3v) is 1.78. The number of anilines is 1. The lowest BCUT2D eigenvalue weighted by atomic mass is 10.4. The fraction of sp³-hybridized carbons (Fsp3) is 0.429. The molecule has 0 aliphatic heterocycles. The van der Waals surface area contributed by atoms with E-state index in [0.29, 0.717) is 12.2 Å². The molecule has 0 saturated carbocycles. The van der Waals surface area contributed by atoms with Gasteiger partial charge in [-0.3, -0.25) is 0 Å². The Morgan fingerprint density at radius 1 is 1.57 bits per heavy atom. The van der Waals surface area contributed by atoms with E-state index in [1.165, 1.54) is 6.39 Å². The number of rotatable bonds is 4. The Kier molecular flexibility index (Phi) is 2.39. The average molecular weight is 194 g/mol. The van der Waals surface area contributed by atoms with E-state index < -0.39 is 0 Å². The SMILES string of the molecule is Cn1nncc1NCCc1ncon1. The van der Waals surface area contributed by atoms with Gasteiger partial charge in [-0.1, -0.05) is 10.4 Å². The van der Waals surface area contributed by atoms with Gasteiger partial charge in [0.1, 0.15) is 5.82 Å². The van der Waals surface area contributed by atoms with E-state index in [4.69, 9.17) is 0 Å². The van der Waals surface area contributed by atoms with Gasteiger partial charge >= 0.3 is 0 Å². The third kappa shape index (κ3) is 1.87. The summed E-state index contributed by atoms with van der Waals surface area (Å²) >= 11 is 0. The van der Waals surface area contributed by atoms with Crippen LogP contribution in [0.5, 0.6) is 0 Å². The molecule has 7 nitrogen and oxygen atoms in total. The molecule has 2 aromatic heterocycles. The molecule has 2 rings (SSSR count). The first-order chi connectivity index (χ1) is 6.86. The predicted molar refractivity (Wildman–Crippen MR) is 47.5 cm³/mol. The molecule has 2 heterocycles. The van der Waals surface area contributed by atoms with Crippen molar-refractivity contribution in [1.82, 2.24) is 25.1 Å². The Bertz CT molecular complexity index is 381. The van der Waals surface area contributed by atoms with Crippen molar-refractivity contribution in [3.8, 4) is 0 Å². The molecule has 1 N–H and O–H groups in total. The van der Waals surface area contributed by atoms with Crippen LogP contribution in [0.1, 0.15) is 5.82 Å². The highest BCUT2D eigenvalue weighted by atomic mass is 16.5. The predicted octanol–water partition coefficient (Wildman–Crippen LogP) is -0.147. The molecule has 7 heteroatoms. The van der Waals surface area contributed by atoms with Gasteiger partial charge in [0.2, 0.25) is 6.39 Å². The lowest BCUT2D eigenvalue weighted by Crippen LogP contribution is -2.09. The van der Waals surface area contributed by atoms with Crippen molar-refractivity contribution in [2.75, 3.05) is 11.9 Å². The molecule has 0 amide bonds. The molecule has 0 unspecified atom stereocenters. The summed E-state index contributed by atoms with van der Waals surface area (Å²) in [5, 5.41) is 14.4. The molecule has 0 aromatic carbocycles. The van der Waals surface area contributed by atoms with Crippen molar-refractivity contribution in [3.63, 3.8) is 0 Å². The minimum absolute atomic E-state index is 0.688. The van der Waals surface area contributed by atoms with Crippen LogP contribution < -0.4 is 5.32 Å². The molecule has 74 valence electrons. The van der Waals surface area contributed by atoms with Crippen LogP contribution in [-0.4, -0.2) is 31.7 Å². The van der Waals surface area contributed by atoms with Crippen molar-refractivity contribution in [2.24, 2.45) is 7.05 Å². The monoisotopic (exact) mass is 194 g/mol. The van der Waals surface area contributed by atoms with E-state index in [9.17, 15) is 0 Å². The van der Waals surface area contributed by atoms with Crippen molar-refractivity contribution >= 4 is 5.82 Å². The number of hydrogen-bond donors (Lipinski definition) is 1. The fourth-order valence-corrected chi connectivity index (χ4v) is 1.05. The van der Waals surface area contributed by atoms with Gasteiger partial charge in [-0.15, -0.1) is 5.10 Å². The largest absolute Gasteiger partial charge is 0.368 e. The van der Waals surface area contributed by atoms with Crippen LogP contribution >= 0.6 is 0 Å². The first-order valence-corrected chi connectivity index (χ1v) is 4.20. The van der Waals surface area contributed by atoms with Crippen molar-refractivity contribution < 1.29 is 4.52 Å². The molecule has 0 fully saturated rings. The fourth-order valence-electron chi connectivity index (χ4n) is 1.05. The molecule has 0 aliphatic rings.